The number of anilines is 1. The van der Waals surface area contributed by atoms with Crippen molar-refractivity contribution in [3.05, 3.63) is 59.4 Å². The van der Waals surface area contributed by atoms with Crippen LogP contribution >= 0.6 is 11.8 Å². The van der Waals surface area contributed by atoms with E-state index in [0.29, 0.717) is 5.75 Å². The van der Waals surface area contributed by atoms with Crippen LogP contribution in [-0.2, 0) is 11.0 Å². The molecule has 1 N–H and O–H groups in total. The lowest BCUT2D eigenvalue weighted by molar-refractivity contribution is -0.137. The lowest BCUT2D eigenvalue weighted by atomic mass is 10.1. The Morgan fingerprint density at radius 2 is 1.79 bits per heavy atom. The topological polar surface area (TPSA) is 52.9 Å². The van der Waals surface area contributed by atoms with Crippen LogP contribution in [0.2, 0.25) is 0 Å². The fraction of sp³-hybridized carbons (Fsp3) is 0.300. The average Bonchev–Trinajstić information content (AvgIpc) is 2.68. The Kier molecular flexibility index (Phi) is 9.00. The van der Waals surface area contributed by atoms with Crippen LogP contribution in [0.15, 0.2) is 47.4 Å². The van der Waals surface area contributed by atoms with Crippen molar-refractivity contribution in [2.24, 2.45) is 5.92 Å². The zero-order valence-corrected chi connectivity index (χ0v) is 16.4. The van der Waals surface area contributed by atoms with Crippen molar-refractivity contribution in [1.29, 1.82) is 5.26 Å². The van der Waals surface area contributed by atoms with Crippen molar-refractivity contribution >= 4 is 23.4 Å². The van der Waals surface area contributed by atoms with Crippen LogP contribution in [-0.4, -0.2) is 11.7 Å². The van der Waals surface area contributed by atoms with Crippen LogP contribution in [0.25, 0.3) is 0 Å². The number of alkyl halides is 3. The molecule has 0 aliphatic carbocycles. The minimum atomic E-state index is -4.68. The highest BCUT2D eigenvalue weighted by molar-refractivity contribution is 7.99. The van der Waals surface area contributed by atoms with Gasteiger partial charge in [-0.25, -0.2) is 4.39 Å². The van der Waals surface area contributed by atoms with Gasteiger partial charge in [-0.15, -0.1) is 11.8 Å². The minimum Gasteiger partial charge on any atom is -0.326 e. The summed E-state index contributed by atoms with van der Waals surface area (Å²) < 4.78 is 51.7. The SMILES string of the molecule is CC.CC(CSc1ccc(F)cc1)C(=O)Nc1ccc(C#N)c(C(F)(F)F)c1. The predicted molar refractivity (Wildman–Crippen MR) is 102 cm³/mol. The molecule has 0 bridgehead atoms. The molecule has 3 nitrogen and oxygen atoms in total. The van der Waals surface area contributed by atoms with Gasteiger partial charge in [0.2, 0.25) is 5.91 Å². The third-order valence-corrected chi connectivity index (χ3v) is 4.75. The lowest BCUT2D eigenvalue weighted by Gasteiger charge is -2.14. The molecule has 2 aromatic carbocycles. The van der Waals surface area contributed by atoms with E-state index in [1.165, 1.54) is 36.0 Å². The second-order valence-corrected chi connectivity index (χ2v) is 6.62. The molecule has 2 aromatic rings. The summed E-state index contributed by atoms with van der Waals surface area (Å²) in [6, 6.07) is 10.3. The van der Waals surface area contributed by atoms with Gasteiger partial charge in [-0.05, 0) is 42.5 Å². The van der Waals surface area contributed by atoms with Gasteiger partial charge in [-0.1, -0.05) is 20.8 Å². The second-order valence-electron chi connectivity index (χ2n) is 5.53. The normalized spacial score (nSPS) is 11.6. The summed E-state index contributed by atoms with van der Waals surface area (Å²) >= 11 is 1.34. The summed E-state index contributed by atoms with van der Waals surface area (Å²) in [6.07, 6.45) is -4.68. The first kappa shape index (κ1) is 23.5. The molecule has 1 amide bonds. The van der Waals surface area contributed by atoms with Gasteiger partial charge in [-0.3, -0.25) is 4.79 Å². The maximum atomic E-state index is 13.0. The molecule has 0 aromatic heterocycles. The molecule has 1 atom stereocenters. The monoisotopic (exact) mass is 412 g/mol. The van der Waals surface area contributed by atoms with Gasteiger partial charge in [0.15, 0.2) is 0 Å². The maximum Gasteiger partial charge on any atom is 0.417 e. The molecule has 0 heterocycles. The van der Waals surface area contributed by atoms with Gasteiger partial charge in [-0.2, -0.15) is 18.4 Å². The Morgan fingerprint density at radius 3 is 2.32 bits per heavy atom. The molecule has 0 spiro atoms. The largest absolute Gasteiger partial charge is 0.417 e. The van der Waals surface area contributed by atoms with E-state index in [-0.39, 0.29) is 11.5 Å². The summed E-state index contributed by atoms with van der Waals surface area (Å²) in [6.45, 7) is 5.64. The van der Waals surface area contributed by atoms with Crippen LogP contribution < -0.4 is 5.32 Å². The zero-order valence-electron chi connectivity index (χ0n) is 15.6. The molecule has 0 saturated carbocycles. The third kappa shape index (κ3) is 6.89. The minimum absolute atomic E-state index is 0.0278. The fourth-order valence-corrected chi connectivity index (χ4v) is 2.97. The number of carbonyl (C=O) groups is 1. The molecule has 8 heteroatoms. The molecule has 0 aliphatic rings. The first-order valence-corrected chi connectivity index (χ1v) is 9.50. The summed E-state index contributed by atoms with van der Waals surface area (Å²) in [5.41, 5.74) is -1.62. The van der Waals surface area contributed by atoms with E-state index in [9.17, 15) is 22.4 Å². The molecular formula is C20H20F4N2OS. The number of amides is 1. The molecule has 0 saturated heterocycles. The van der Waals surface area contributed by atoms with E-state index in [0.717, 1.165) is 17.0 Å². The van der Waals surface area contributed by atoms with Crippen LogP contribution in [0.1, 0.15) is 31.9 Å². The van der Waals surface area contributed by atoms with E-state index < -0.39 is 29.1 Å². The number of nitrogens with one attached hydrogen (secondary N) is 1. The molecular weight excluding hydrogens is 392 g/mol. The number of nitriles is 1. The highest BCUT2D eigenvalue weighted by atomic mass is 32.2. The standard InChI is InChI=1S/C18H14F4N2OS.C2H6/c1-11(10-26-15-6-3-13(19)4-7-15)17(25)24-14-5-2-12(9-23)16(8-14)18(20,21)22;1-2/h2-8,11H,10H2,1H3,(H,24,25);1-2H3. The number of thioether (sulfide) groups is 1. The number of hydrogen-bond acceptors (Lipinski definition) is 3. The quantitative estimate of drug-likeness (QED) is 0.476. The number of nitrogens with zero attached hydrogens (tertiary/aromatic N) is 1. The molecule has 150 valence electrons. The summed E-state index contributed by atoms with van der Waals surface area (Å²) in [4.78, 5) is 13.0. The number of hydrogen-bond donors (Lipinski definition) is 1. The third-order valence-electron chi connectivity index (χ3n) is 3.47. The lowest BCUT2D eigenvalue weighted by Crippen LogP contribution is -2.22. The smallest absolute Gasteiger partial charge is 0.326 e. The maximum absolute atomic E-state index is 13.0. The molecule has 0 aliphatic heterocycles. The van der Waals surface area contributed by atoms with E-state index in [1.54, 1.807) is 19.1 Å². The first-order valence-electron chi connectivity index (χ1n) is 8.51. The van der Waals surface area contributed by atoms with Crippen molar-refractivity contribution in [2.75, 3.05) is 11.1 Å². The summed E-state index contributed by atoms with van der Waals surface area (Å²) in [5.74, 6) is -0.922. The van der Waals surface area contributed by atoms with Gasteiger partial charge < -0.3 is 5.32 Å². The number of halogens is 4. The van der Waals surface area contributed by atoms with E-state index in [4.69, 9.17) is 5.26 Å². The first-order chi connectivity index (χ1) is 13.2. The Bertz CT molecular complexity index is 830. The van der Waals surface area contributed by atoms with Gasteiger partial charge in [0.1, 0.15) is 5.82 Å². The molecule has 0 radical (unpaired) electrons. The second kappa shape index (κ2) is 10.7. The summed E-state index contributed by atoms with van der Waals surface area (Å²) in [7, 11) is 0. The van der Waals surface area contributed by atoms with Crippen molar-refractivity contribution in [3.8, 4) is 6.07 Å². The van der Waals surface area contributed by atoms with Crippen LogP contribution in [0.5, 0.6) is 0 Å². The molecule has 28 heavy (non-hydrogen) atoms. The van der Waals surface area contributed by atoms with E-state index in [1.807, 2.05) is 13.8 Å². The highest BCUT2D eigenvalue weighted by Crippen LogP contribution is 2.33. The van der Waals surface area contributed by atoms with Gasteiger partial charge in [0.25, 0.3) is 0 Å². The molecule has 2 rings (SSSR count). The number of rotatable bonds is 5. The van der Waals surface area contributed by atoms with Gasteiger partial charge in [0, 0.05) is 22.3 Å². The average molecular weight is 412 g/mol. The van der Waals surface area contributed by atoms with E-state index in [2.05, 4.69) is 5.32 Å². The van der Waals surface area contributed by atoms with Crippen LogP contribution in [0, 0.1) is 23.1 Å². The fourth-order valence-electron chi connectivity index (χ4n) is 2.05. The van der Waals surface area contributed by atoms with Gasteiger partial charge in [0.05, 0.1) is 17.2 Å². The van der Waals surface area contributed by atoms with Crippen molar-refractivity contribution in [2.45, 2.75) is 31.8 Å². The summed E-state index contributed by atoms with van der Waals surface area (Å²) in [5, 5.41) is 11.2. The predicted octanol–water partition coefficient (Wildman–Crippen LogP) is 6.11. The molecule has 1 unspecified atom stereocenters. The van der Waals surface area contributed by atoms with Crippen molar-refractivity contribution < 1.29 is 22.4 Å². The molecule has 0 fully saturated rings. The van der Waals surface area contributed by atoms with Crippen molar-refractivity contribution in [3.63, 3.8) is 0 Å². The van der Waals surface area contributed by atoms with Crippen molar-refractivity contribution in [1.82, 2.24) is 0 Å². The number of benzene rings is 2. The Morgan fingerprint density at radius 1 is 1.18 bits per heavy atom. The van der Waals surface area contributed by atoms with Crippen LogP contribution in [0.4, 0.5) is 23.2 Å². The Hall–Kier alpha value is -2.53. The Labute approximate surface area is 165 Å². The highest BCUT2D eigenvalue weighted by Gasteiger charge is 2.34. The van der Waals surface area contributed by atoms with Crippen LogP contribution in [0.3, 0.4) is 0 Å². The van der Waals surface area contributed by atoms with E-state index >= 15 is 0 Å². The van der Waals surface area contributed by atoms with Gasteiger partial charge >= 0.3 is 6.18 Å². The Balaban J connectivity index is 0.00000190. The number of carbonyl (C=O) groups excluding carboxylic acids is 1. The zero-order chi connectivity index (χ0) is 21.3.